The second-order valence-corrected chi connectivity index (χ2v) is 8.82. The van der Waals surface area contributed by atoms with E-state index in [0.717, 1.165) is 47.6 Å². The first kappa shape index (κ1) is 24.7. The number of aryl methyl sites for hydroxylation is 1. The number of ether oxygens (including phenoxy) is 2. The van der Waals surface area contributed by atoms with Gasteiger partial charge in [0.15, 0.2) is 0 Å². The summed E-state index contributed by atoms with van der Waals surface area (Å²) in [6.07, 6.45) is 3.56. The van der Waals surface area contributed by atoms with Gasteiger partial charge in [-0.3, -0.25) is 9.59 Å². The van der Waals surface area contributed by atoms with Crippen LogP contribution in [-0.4, -0.2) is 25.1 Å². The maximum Gasteiger partial charge on any atom is 0.310 e. The Labute approximate surface area is 205 Å². The molecule has 3 aromatic carbocycles. The number of rotatable bonds is 10. The third kappa shape index (κ3) is 4.88. The van der Waals surface area contributed by atoms with Gasteiger partial charge >= 0.3 is 5.97 Å². The monoisotopic (exact) mass is 477 g/mol. The van der Waals surface area contributed by atoms with Crippen LogP contribution in [0.25, 0.3) is 10.8 Å². The highest BCUT2D eigenvalue weighted by atomic mass is 19.1. The van der Waals surface area contributed by atoms with Gasteiger partial charge in [0, 0.05) is 10.9 Å². The molecule has 0 atom stereocenters. The Balaban J connectivity index is 1.78. The van der Waals surface area contributed by atoms with Crippen molar-refractivity contribution >= 4 is 28.3 Å². The minimum Gasteiger partial charge on any atom is -0.493 e. The number of carbonyl (C=O) groups is 2. The molecule has 5 nitrogen and oxygen atoms in total. The minimum absolute atomic E-state index is 0.0131. The predicted octanol–water partition coefficient (Wildman–Crippen LogP) is 6.38. The molecule has 0 aliphatic carbocycles. The number of hydrogen-bond donors (Lipinski definition) is 0. The Bertz CT molecular complexity index is 1250. The molecule has 0 spiro atoms. The average molecular weight is 478 g/mol. The van der Waals surface area contributed by atoms with E-state index >= 15 is 4.39 Å². The molecule has 184 valence electrons. The lowest BCUT2D eigenvalue weighted by Gasteiger charge is -2.17. The van der Waals surface area contributed by atoms with Crippen LogP contribution in [0.2, 0.25) is 0 Å². The van der Waals surface area contributed by atoms with Crippen LogP contribution in [0.5, 0.6) is 5.75 Å². The van der Waals surface area contributed by atoms with E-state index in [1.165, 1.54) is 11.0 Å². The standard InChI is InChI=1S/C29H32FNO4/c1-4-7-10-21-20-11-8-9-12-22(20)28(35-15-5-2)23-18-31(29(33)27(21)23)25-14-13-19(16-24(25)30)17-26(32)34-6-3/h8-9,11-14,16H,4-7,10,15,17-18H2,1-3H3. The van der Waals surface area contributed by atoms with Crippen molar-refractivity contribution in [3.05, 3.63) is 70.5 Å². The number of nitrogens with zero attached hydrogens (tertiary/aromatic N) is 1. The topological polar surface area (TPSA) is 55.8 Å². The molecule has 0 fully saturated rings. The Kier molecular flexibility index (Phi) is 7.69. The zero-order chi connectivity index (χ0) is 24.9. The van der Waals surface area contributed by atoms with E-state index in [1.54, 1.807) is 19.1 Å². The Morgan fingerprint density at radius 3 is 2.51 bits per heavy atom. The minimum atomic E-state index is -0.538. The number of anilines is 1. The molecule has 0 bridgehead atoms. The third-order valence-corrected chi connectivity index (χ3v) is 6.34. The van der Waals surface area contributed by atoms with Gasteiger partial charge in [-0.1, -0.05) is 50.6 Å². The molecule has 1 aliphatic heterocycles. The number of unbranched alkanes of at least 4 members (excludes halogenated alkanes) is 1. The highest BCUT2D eigenvalue weighted by Gasteiger charge is 2.36. The van der Waals surface area contributed by atoms with Gasteiger partial charge < -0.3 is 14.4 Å². The van der Waals surface area contributed by atoms with E-state index in [9.17, 15) is 9.59 Å². The number of esters is 1. The molecule has 0 saturated heterocycles. The molecule has 0 unspecified atom stereocenters. The highest BCUT2D eigenvalue weighted by Crippen LogP contribution is 2.43. The number of carbonyl (C=O) groups excluding carboxylic acids is 2. The summed E-state index contributed by atoms with van der Waals surface area (Å²) in [6, 6.07) is 12.6. The van der Waals surface area contributed by atoms with Crippen molar-refractivity contribution in [3.8, 4) is 5.75 Å². The number of hydrogen-bond acceptors (Lipinski definition) is 4. The molecule has 6 heteroatoms. The molecule has 1 aliphatic rings. The van der Waals surface area contributed by atoms with Crippen LogP contribution >= 0.6 is 0 Å². The van der Waals surface area contributed by atoms with Gasteiger partial charge in [0.25, 0.3) is 5.91 Å². The Morgan fingerprint density at radius 1 is 1.06 bits per heavy atom. The summed E-state index contributed by atoms with van der Waals surface area (Å²) in [7, 11) is 0. The lowest BCUT2D eigenvalue weighted by Crippen LogP contribution is -2.24. The zero-order valence-electron chi connectivity index (χ0n) is 20.7. The lowest BCUT2D eigenvalue weighted by atomic mass is 9.91. The predicted molar refractivity (Wildman–Crippen MR) is 136 cm³/mol. The van der Waals surface area contributed by atoms with Crippen LogP contribution in [0.15, 0.2) is 42.5 Å². The summed E-state index contributed by atoms with van der Waals surface area (Å²) in [6.45, 7) is 6.96. The number of fused-ring (bicyclic) bond motifs is 2. The summed E-state index contributed by atoms with van der Waals surface area (Å²) in [5.74, 6) is -0.443. The van der Waals surface area contributed by atoms with Gasteiger partial charge in [-0.15, -0.1) is 0 Å². The number of halogens is 1. The van der Waals surface area contributed by atoms with Crippen molar-refractivity contribution in [1.82, 2.24) is 0 Å². The molecule has 35 heavy (non-hydrogen) atoms. The molecule has 1 amide bonds. The molecule has 0 aromatic heterocycles. The molecule has 0 N–H and O–H groups in total. The van der Waals surface area contributed by atoms with Gasteiger partial charge in [0.2, 0.25) is 0 Å². The van der Waals surface area contributed by atoms with Crippen LogP contribution in [0.4, 0.5) is 10.1 Å². The van der Waals surface area contributed by atoms with E-state index in [2.05, 4.69) is 6.92 Å². The summed E-state index contributed by atoms with van der Waals surface area (Å²) in [5.41, 5.74) is 3.18. The van der Waals surface area contributed by atoms with Crippen molar-refractivity contribution in [2.75, 3.05) is 18.1 Å². The first-order valence-electron chi connectivity index (χ1n) is 12.4. The summed E-state index contributed by atoms with van der Waals surface area (Å²) in [5, 5.41) is 2.01. The van der Waals surface area contributed by atoms with Crippen LogP contribution in [0, 0.1) is 5.82 Å². The van der Waals surface area contributed by atoms with Gasteiger partial charge in [0.05, 0.1) is 37.4 Å². The fourth-order valence-electron chi connectivity index (χ4n) is 4.75. The SMILES string of the molecule is CCCCc1c2c(c(OCCC)c3ccccc13)CN(c1ccc(CC(=O)OCC)cc1F)C2=O. The highest BCUT2D eigenvalue weighted by molar-refractivity contribution is 6.15. The Morgan fingerprint density at radius 2 is 1.83 bits per heavy atom. The maximum atomic E-state index is 15.2. The molecule has 4 rings (SSSR count). The summed E-state index contributed by atoms with van der Waals surface area (Å²) in [4.78, 5) is 27.1. The first-order chi connectivity index (χ1) is 17.0. The second kappa shape index (κ2) is 10.9. The van der Waals surface area contributed by atoms with Gasteiger partial charge in [-0.25, -0.2) is 4.39 Å². The van der Waals surface area contributed by atoms with Crippen molar-refractivity contribution in [2.45, 2.75) is 59.4 Å². The summed E-state index contributed by atoms with van der Waals surface area (Å²) >= 11 is 0. The third-order valence-electron chi connectivity index (χ3n) is 6.34. The maximum absolute atomic E-state index is 15.2. The zero-order valence-corrected chi connectivity index (χ0v) is 20.7. The molecule has 0 saturated carbocycles. The van der Waals surface area contributed by atoms with Crippen LogP contribution in [0.1, 0.15) is 67.1 Å². The van der Waals surface area contributed by atoms with Gasteiger partial charge in [-0.2, -0.15) is 0 Å². The average Bonchev–Trinajstić information content (AvgIpc) is 3.18. The molecular formula is C29H32FNO4. The van der Waals surface area contributed by atoms with E-state index in [4.69, 9.17) is 9.47 Å². The smallest absolute Gasteiger partial charge is 0.310 e. The molecular weight excluding hydrogens is 445 g/mol. The van der Waals surface area contributed by atoms with Crippen molar-refractivity contribution in [2.24, 2.45) is 0 Å². The van der Waals surface area contributed by atoms with Gasteiger partial charge in [-0.05, 0) is 54.8 Å². The normalized spacial score (nSPS) is 12.8. The lowest BCUT2D eigenvalue weighted by molar-refractivity contribution is -0.142. The number of benzene rings is 3. The largest absolute Gasteiger partial charge is 0.493 e. The van der Waals surface area contributed by atoms with Gasteiger partial charge in [0.1, 0.15) is 11.6 Å². The van der Waals surface area contributed by atoms with E-state index < -0.39 is 11.8 Å². The molecule has 1 heterocycles. The van der Waals surface area contributed by atoms with Crippen LogP contribution in [-0.2, 0) is 28.9 Å². The Hall–Kier alpha value is -3.41. The second-order valence-electron chi connectivity index (χ2n) is 8.82. The van der Waals surface area contributed by atoms with Crippen LogP contribution < -0.4 is 9.64 Å². The van der Waals surface area contributed by atoms with E-state index in [0.29, 0.717) is 23.5 Å². The summed E-state index contributed by atoms with van der Waals surface area (Å²) < 4.78 is 26.4. The van der Waals surface area contributed by atoms with Crippen molar-refractivity contribution in [3.63, 3.8) is 0 Å². The van der Waals surface area contributed by atoms with E-state index in [1.807, 2.05) is 31.2 Å². The van der Waals surface area contributed by atoms with Crippen LogP contribution in [0.3, 0.4) is 0 Å². The quantitative estimate of drug-likeness (QED) is 0.318. The van der Waals surface area contributed by atoms with Crippen molar-refractivity contribution < 1.29 is 23.5 Å². The number of amides is 1. The van der Waals surface area contributed by atoms with E-state index in [-0.39, 0.29) is 31.2 Å². The molecule has 3 aromatic rings. The fourth-order valence-corrected chi connectivity index (χ4v) is 4.75. The molecule has 0 radical (unpaired) electrons. The van der Waals surface area contributed by atoms with Crippen molar-refractivity contribution in [1.29, 1.82) is 0 Å². The fraction of sp³-hybridized carbons (Fsp3) is 0.379. The first-order valence-corrected chi connectivity index (χ1v) is 12.4.